The molecule has 0 saturated heterocycles. The number of amides is 1. The zero-order valence-corrected chi connectivity index (χ0v) is 11.0. The monoisotopic (exact) mass is 265 g/mol. The van der Waals surface area contributed by atoms with Crippen molar-refractivity contribution < 1.29 is 23.8 Å². The molecule has 1 aliphatic rings. The van der Waals surface area contributed by atoms with Crippen LogP contribution in [0, 0.1) is 5.41 Å². The number of hydrogen-bond acceptors (Lipinski definition) is 5. The second-order valence-electron chi connectivity index (χ2n) is 4.64. The van der Waals surface area contributed by atoms with Gasteiger partial charge in [-0.3, -0.25) is 9.59 Å². The Hall–Kier alpha value is -2.24. The summed E-state index contributed by atoms with van der Waals surface area (Å²) in [4.78, 5) is 23.6. The van der Waals surface area contributed by atoms with E-state index in [1.54, 1.807) is 18.2 Å². The van der Waals surface area contributed by atoms with Gasteiger partial charge in [0.2, 0.25) is 12.7 Å². The van der Waals surface area contributed by atoms with Crippen LogP contribution in [0.4, 0.5) is 5.69 Å². The maximum absolute atomic E-state index is 12.1. The standard InChI is InChI=1S/C13H15NO5/c1-13(2,12(16)17-3)11(15)14-8-4-5-9-10(6-8)19-7-18-9/h4-6H,7H2,1-3H3,(H,14,15). The number of ether oxygens (including phenoxy) is 3. The van der Waals surface area contributed by atoms with E-state index in [4.69, 9.17) is 9.47 Å². The van der Waals surface area contributed by atoms with Gasteiger partial charge in [0.1, 0.15) is 5.41 Å². The average Bonchev–Trinajstić information content (AvgIpc) is 2.84. The van der Waals surface area contributed by atoms with Gasteiger partial charge >= 0.3 is 5.97 Å². The molecule has 102 valence electrons. The molecule has 0 aromatic heterocycles. The maximum atomic E-state index is 12.1. The van der Waals surface area contributed by atoms with E-state index in [0.29, 0.717) is 17.2 Å². The second-order valence-corrected chi connectivity index (χ2v) is 4.64. The van der Waals surface area contributed by atoms with Gasteiger partial charge < -0.3 is 19.5 Å². The Balaban J connectivity index is 2.13. The van der Waals surface area contributed by atoms with Crippen LogP contribution in [0.1, 0.15) is 13.8 Å². The Morgan fingerprint density at radius 2 is 1.95 bits per heavy atom. The molecule has 2 rings (SSSR count). The van der Waals surface area contributed by atoms with E-state index in [1.807, 2.05) is 0 Å². The highest BCUT2D eigenvalue weighted by molar-refractivity contribution is 6.08. The van der Waals surface area contributed by atoms with Crippen molar-refractivity contribution in [1.82, 2.24) is 0 Å². The third-order valence-electron chi connectivity index (χ3n) is 2.89. The lowest BCUT2D eigenvalue weighted by Gasteiger charge is -2.20. The summed E-state index contributed by atoms with van der Waals surface area (Å²) >= 11 is 0. The number of rotatable bonds is 3. The van der Waals surface area contributed by atoms with Gasteiger partial charge in [0.25, 0.3) is 0 Å². The summed E-state index contributed by atoms with van der Waals surface area (Å²) in [6.07, 6.45) is 0. The van der Waals surface area contributed by atoms with E-state index in [-0.39, 0.29) is 6.79 Å². The van der Waals surface area contributed by atoms with E-state index < -0.39 is 17.3 Å². The SMILES string of the molecule is COC(=O)C(C)(C)C(=O)Nc1ccc2c(c1)OCO2. The molecule has 0 radical (unpaired) electrons. The van der Waals surface area contributed by atoms with Gasteiger partial charge in [-0.25, -0.2) is 0 Å². The highest BCUT2D eigenvalue weighted by Gasteiger charge is 2.37. The summed E-state index contributed by atoms with van der Waals surface area (Å²) in [5, 5.41) is 2.65. The topological polar surface area (TPSA) is 73.9 Å². The minimum Gasteiger partial charge on any atom is -0.468 e. The van der Waals surface area contributed by atoms with Crippen LogP contribution < -0.4 is 14.8 Å². The van der Waals surface area contributed by atoms with E-state index in [2.05, 4.69) is 10.1 Å². The largest absolute Gasteiger partial charge is 0.468 e. The molecule has 0 atom stereocenters. The molecule has 1 aliphatic heterocycles. The van der Waals surface area contributed by atoms with Crippen molar-refractivity contribution in [1.29, 1.82) is 0 Å². The molecule has 0 spiro atoms. The molecule has 1 aromatic rings. The van der Waals surface area contributed by atoms with E-state index in [1.165, 1.54) is 21.0 Å². The zero-order chi connectivity index (χ0) is 14.0. The molecule has 1 amide bonds. The lowest BCUT2D eigenvalue weighted by atomic mass is 9.92. The normalized spacial score (nSPS) is 13.0. The van der Waals surface area contributed by atoms with Crippen molar-refractivity contribution in [3.05, 3.63) is 18.2 Å². The summed E-state index contributed by atoms with van der Waals surface area (Å²) in [5.41, 5.74) is -0.725. The smallest absolute Gasteiger partial charge is 0.320 e. The van der Waals surface area contributed by atoms with Crippen molar-refractivity contribution >= 4 is 17.6 Å². The van der Waals surface area contributed by atoms with Crippen molar-refractivity contribution in [3.63, 3.8) is 0 Å². The van der Waals surface area contributed by atoms with E-state index in [0.717, 1.165) is 0 Å². The molecule has 6 nitrogen and oxygen atoms in total. The number of anilines is 1. The van der Waals surface area contributed by atoms with E-state index >= 15 is 0 Å². The predicted octanol–water partition coefficient (Wildman–Crippen LogP) is 1.55. The van der Waals surface area contributed by atoms with Crippen LogP contribution in [-0.2, 0) is 14.3 Å². The van der Waals surface area contributed by atoms with Crippen LogP contribution in [0.5, 0.6) is 11.5 Å². The molecule has 0 bridgehead atoms. The first-order valence-corrected chi connectivity index (χ1v) is 5.74. The summed E-state index contributed by atoms with van der Waals surface area (Å²) in [6.45, 7) is 3.17. The van der Waals surface area contributed by atoms with Crippen LogP contribution in [0.25, 0.3) is 0 Å². The molecular weight excluding hydrogens is 250 g/mol. The fourth-order valence-electron chi connectivity index (χ4n) is 1.61. The number of carbonyl (C=O) groups is 2. The Bertz CT molecular complexity index is 524. The number of esters is 1. The van der Waals surface area contributed by atoms with Gasteiger partial charge in [-0.05, 0) is 26.0 Å². The average molecular weight is 265 g/mol. The van der Waals surface area contributed by atoms with Crippen LogP contribution in [0.3, 0.4) is 0 Å². The minimum atomic E-state index is -1.26. The highest BCUT2D eigenvalue weighted by Crippen LogP contribution is 2.34. The number of hydrogen-bond donors (Lipinski definition) is 1. The fourth-order valence-corrected chi connectivity index (χ4v) is 1.61. The van der Waals surface area contributed by atoms with Crippen LogP contribution in [-0.4, -0.2) is 25.8 Å². The number of carbonyl (C=O) groups excluding carboxylic acids is 2. The molecule has 0 fully saturated rings. The van der Waals surface area contributed by atoms with E-state index in [9.17, 15) is 9.59 Å². The maximum Gasteiger partial charge on any atom is 0.320 e. The van der Waals surface area contributed by atoms with Crippen molar-refractivity contribution in [2.75, 3.05) is 19.2 Å². The molecule has 0 saturated carbocycles. The third kappa shape index (κ3) is 2.47. The van der Waals surface area contributed by atoms with Crippen LogP contribution in [0.2, 0.25) is 0 Å². The van der Waals surface area contributed by atoms with Crippen molar-refractivity contribution in [2.45, 2.75) is 13.8 Å². The number of benzene rings is 1. The Morgan fingerprint density at radius 3 is 2.63 bits per heavy atom. The molecule has 6 heteroatoms. The third-order valence-corrected chi connectivity index (χ3v) is 2.89. The molecule has 19 heavy (non-hydrogen) atoms. The minimum absolute atomic E-state index is 0.167. The van der Waals surface area contributed by atoms with Gasteiger partial charge in [-0.15, -0.1) is 0 Å². The lowest BCUT2D eigenvalue weighted by molar-refractivity contribution is -0.154. The molecule has 1 heterocycles. The molecule has 0 unspecified atom stereocenters. The highest BCUT2D eigenvalue weighted by atomic mass is 16.7. The fraction of sp³-hybridized carbons (Fsp3) is 0.385. The molecule has 1 aromatic carbocycles. The Morgan fingerprint density at radius 1 is 1.26 bits per heavy atom. The quantitative estimate of drug-likeness (QED) is 0.663. The number of fused-ring (bicyclic) bond motifs is 1. The van der Waals surface area contributed by atoms with Gasteiger partial charge in [-0.1, -0.05) is 0 Å². The van der Waals surface area contributed by atoms with Crippen molar-refractivity contribution in [2.24, 2.45) is 5.41 Å². The van der Waals surface area contributed by atoms with Crippen molar-refractivity contribution in [3.8, 4) is 11.5 Å². The number of methoxy groups -OCH3 is 1. The van der Waals surface area contributed by atoms with Gasteiger partial charge in [0, 0.05) is 11.8 Å². The predicted molar refractivity (Wildman–Crippen MR) is 67.0 cm³/mol. The van der Waals surface area contributed by atoms with Crippen LogP contribution in [0.15, 0.2) is 18.2 Å². The first kappa shape index (κ1) is 13.2. The number of nitrogens with one attached hydrogen (secondary N) is 1. The van der Waals surface area contributed by atoms with Crippen LogP contribution >= 0.6 is 0 Å². The Labute approximate surface area is 110 Å². The molecule has 1 N–H and O–H groups in total. The zero-order valence-electron chi connectivity index (χ0n) is 11.0. The summed E-state index contributed by atoms with van der Waals surface area (Å²) < 4.78 is 15.0. The Kier molecular flexibility index (Phi) is 3.33. The first-order chi connectivity index (χ1) is 8.95. The summed E-state index contributed by atoms with van der Waals surface area (Å²) in [6, 6.07) is 5.02. The molecular formula is C13H15NO5. The summed E-state index contributed by atoms with van der Waals surface area (Å²) in [5.74, 6) is 0.155. The summed E-state index contributed by atoms with van der Waals surface area (Å²) in [7, 11) is 1.25. The molecule has 0 aliphatic carbocycles. The lowest BCUT2D eigenvalue weighted by Crippen LogP contribution is -2.38. The first-order valence-electron chi connectivity index (χ1n) is 5.74. The van der Waals surface area contributed by atoms with Gasteiger partial charge in [0.05, 0.1) is 7.11 Å². The van der Waals surface area contributed by atoms with Gasteiger partial charge in [-0.2, -0.15) is 0 Å². The van der Waals surface area contributed by atoms with Gasteiger partial charge in [0.15, 0.2) is 11.5 Å². The second kappa shape index (κ2) is 4.79.